The lowest BCUT2D eigenvalue weighted by Gasteiger charge is -2.24. The minimum absolute atomic E-state index is 0.232. The van der Waals surface area contributed by atoms with Crippen LogP contribution in [-0.4, -0.2) is 49.7 Å². The number of carbonyl (C=O) groups is 1. The van der Waals surface area contributed by atoms with E-state index in [9.17, 15) is 4.79 Å². The Kier molecular flexibility index (Phi) is 5.18. The van der Waals surface area contributed by atoms with Gasteiger partial charge in [0.1, 0.15) is 0 Å². The summed E-state index contributed by atoms with van der Waals surface area (Å²) in [5.41, 5.74) is 0. The lowest BCUT2D eigenvalue weighted by Crippen LogP contribution is -2.38. The number of carbonyl (C=O) groups excluding carboxylic acids is 1. The number of rotatable bonds is 7. The van der Waals surface area contributed by atoms with Crippen molar-refractivity contribution in [3.8, 4) is 0 Å². The summed E-state index contributed by atoms with van der Waals surface area (Å²) in [5.74, 6) is 0.841. The van der Waals surface area contributed by atoms with Crippen molar-refractivity contribution in [1.29, 1.82) is 0 Å². The third kappa shape index (κ3) is 4.28. The van der Waals surface area contributed by atoms with Crippen LogP contribution in [0.5, 0.6) is 0 Å². The first-order valence-electron chi connectivity index (χ1n) is 8.11. The normalized spacial score (nSPS) is 17.4. The van der Waals surface area contributed by atoms with Gasteiger partial charge in [-0.05, 0) is 31.4 Å². The van der Waals surface area contributed by atoms with Gasteiger partial charge in [-0.25, -0.2) is 9.97 Å². The molecule has 3 rings (SSSR count). The third-order valence-electron chi connectivity index (χ3n) is 4.07. The van der Waals surface area contributed by atoms with Crippen molar-refractivity contribution in [2.24, 2.45) is 0 Å². The van der Waals surface area contributed by atoms with Gasteiger partial charge in [0.2, 0.25) is 11.9 Å². The zero-order valence-electron chi connectivity index (χ0n) is 13.1. The van der Waals surface area contributed by atoms with E-state index in [1.54, 1.807) is 24.7 Å². The molecular formula is C16H22N6O. The molecule has 1 fully saturated rings. The van der Waals surface area contributed by atoms with Gasteiger partial charge in [0.05, 0.1) is 12.6 Å². The third-order valence-corrected chi connectivity index (χ3v) is 4.07. The Hall–Kier alpha value is -2.44. The maximum absolute atomic E-state index is 12.4. The molecule has 3 heterocycles. The molecule has 0 bridgehead atoms. The van der Waals surface area contributed by atoms with Crippen LogP contribution in [0.4, 0.5) is 5.95 Å². The fourth-order valence-electron chi connectivity index (χ4n) is 2.95. The van der Waals surface area contributed by atoms with Crippen LogP contribution in [-0.2, 0) is 11.3 Å². The average Bonchev–Trinajstić information content (AvgIpc) is 3.25. The molecule has 2 aromatic heterocycles. The van der Waals surface area contributed by atoms with E-state index in [1.165, 1.54) is 0 Å². The summed E-state index contributed by atoms with van der Waals surface area (Å²) in [7, 11) is 0. The predicted octanol–water partition coefficient (Wildman–Crippen LogP) is 1.56. The van der Waals surface area contributed by atoms with E-state index in [0.29, 0.717) is 18.9 Å². The minimum Gasteiger partial charge on any atom is -0.354 e. The quantitative estimate of drug-likeness (QED) is 0.785. The molecule has 23 heavy (non-hydrogen) atoms. The van der Waals surface area contributed by atoms with Crippen LogP contribution in [0.1, 0.15) is 25.7 Å². The molecule has 7 nitrogen and oxygen atoms in total. The van der Waals surface area contributed by atoms with Crippen LogP contribution in [0, 0.1) is 0 Å². The van der Waals surface area contributed by atoms with E-state index in [2.05, 4.69) is 20.4 Å². The van der Waals surface area contributed by atoms with Gasteiger partial charge in [-0.2, -0.15) is 5.10 Å². The smallest absolute Gasteiger partial charge is 0.222 e. The maximum atomic E-state index is 12.4. The fourth-order valence-corrected chi connectivity index (χ4v) is 2.95. The highest BCUT2D eigenvalue weighted by Gasteiger charge is 2.28. The minimum atomic E-state index is 0.232. The van der Waals surface area contributed by atoms with Crippen LogP contribution in [0.25, 0.3) is 0 Å². The van der Waals surface area contributed by atoms with Crippen molar-refractivity contribution in [3.05, 3.63) is 36.9 Å². The van der Waals surface area contributed by atoms with Crippen molar-refractivity contribution in [1.82, 2.24) is 24.6 Å². The van der Waals surface area contributed by atoms with E-state index >= 15 is 0 Å². The lowest BCUT2D eigenvalue weighted by atomic mass is 10.2. The highest BCUT2D eigenvalue weighted by molar-refractivity contribution is 5.76. The molecule has 0 spiro atoms. The molecule has 0 aliphatic carbocycles. The molecular weight excluding hydrogens is 292 g/mol. The molecule has 0 unspecified atom stereocenters. The second kappa shape index (κ2) is 7.71. The van der Waals surface area contributed by atoms with E-state index in [-0.39, 0.29) is 11.9 Å². The highest BCUT2D eigenvalue weighted by atomic mass is 16.2. The van der Waals surface area contributed by atoms with Crippen LogP contribution >= 0.6 is 0 Å². The van der Waals surface area contributed by atoms with Gasteiger partial charge in [0.25, 0.3) is 0 Å². The highest BCUT2D eigenvalue weighted by Crippen LogP contribution is 2.20. The van der Waals surface area contributed by atoms with Crippen LogP contribution < -0.4 is 5.32 Å². The molecule has 1 N–H and O–H groups in total. The average molecular weight is 314 g/mol. The first-order valence-corrected chi connectivity index (χ1v) is 8.11. The number of aromatic nitrogens is 4. The van der Waals surface area contributed by atoms with Gasteiger partial charge in [-0.3, -0.25) is 9.48 Å². The van der Waals surface area contributed by atoms with Gasteiger partial charge >= 0.3 is 0 Å². The maximum Gasteiger partial charge on any atom is 0.222 e. The molecule has 1 aliphatic rings. The summed E-state index contributed by atoms with van der Waals surface area (Å²) in [6.07, 6.45) is 10.6. The fraction of sp³-hybridized carbons (Fsp3) is 0.500. The number of anilines is 1. The summed E-state index contributed by atoms with van der Waals surface area (Å²) < 4.78 is 1.91. The molecule has 1 saturated heterocycles. The first-order chi connectivity index (χ1) is 11.3. The van der Waals surface area contributed by atoms with E-state index in [1.807, 2.05) is 21.8 Å². The molecule has 2 aromatic rings. The number of amides is 1. The predicted molar refractivity (Wildman–Crippen MR) is 86.7 cm³/mol. The first kappa shape index (κ1) is 15.5. The Morgan fingerprint density at radius 1 is 1.26 bits per heavy atom. The molecule has 0 radical (unpaired) electrons. The van der Waals surface area contributed by atoms with E-state index in [0.717, 1.165) is 32.4 Å². The van der Waals surface area contributed by atoms with E-state index < -0.39 is 0 Å². The van der Waals surface area contributed by atoms with Crippen molar-refractivity contribution in [2.75, 3.05) is 18.4 Å². The molecule has 0 saturated carbocycles. The standard InChI is InChI=1S/C16H22N6O/c23-15(6-1-7-17-16-18-8-3-9-19-16)22-12-2-5-14(22)13-21-11-4-10-20-21/h3-4,8-11,14H,1-2,5-7,12-13H2,(H,17,18,19)/t14-/m0/s1. The van der Waals surface area contributed by atoms with Crippen molar-refractivity contribution < 1.29 is 4.79 Å². The Balaban J connectivity index is 1.42. The topological polar surface area (TPSA) is 75.9 Å². The molecule has 0 aromatic carbocycles. The van der Waals surface area contributed by atoms with Gasteiger partial charge in [0, 0.05) is 44.3 Å². The Labute approximate surface area is 135 Å². The molecule has 1 atom stereocenters. The molecule has 7 heteroatoms. The van der Waals surface area contributed by atoms with Gasteiger partial charge in [-0.1, -0.05) is 0 Å². The van der Waals surface area contributed by atoms with Crippen LogP contribution in [0.15, 0.2) is 36.9 Å². The Morgan fingerprint density at radius 3 is 2.91 bits per heavy atom. The number of hydrogen-bond acceptors (Lipinski definition) is 5. The summed E-state index contributed by atoms with van der Waals surface area (Å²) in [5, 5.41) is 7.37. The van der Waals surface area contributed by atoms with Crippen LogP contribution in [0.2, 0.25) is 0 Å². The van der Waals surface area contributed by atoms with Crippen molar-refractivity contribution in [3.63, 3.8) is 0 Å². The molecule has 1 aliphatic heterocycles. The number of hydrogen-bond donors (Lipinski definition) is 1. The summed E-state index contributed by atoms with van der Waals surface area (Å²) in [6.45, 7) is 2.35. The van der Waals surface area contributed by atoms with Gasteiger partial charge in [-0.15, -0.1) is 0 Å². The number of nitrogens with zero attached hydrogens (tertiary/aromatic N) is 5. The molecule has 122 valence electrons. The largest absolute Gasteiger partial charge is 0.354 e. The number of likely N-dealkylation sites (tertiary alicyclic amines) is 1. The van der Waals surface area contributed by atoms with Gasteiger partial charge < -0.3 is 10.2 Å². The number of nitrogens with one attached hydrogen (secondary N) is 1. The van der Waals surface area contributed by atoms with E-state index in [4.69, 9.17) is 0 Å². The summed E-state index contributed by atoms with van der Waals surface area (Å²) in [4.78, 5) is 22.6. The zero-order valence-corrected chi connectivity index (χ0v) is 13.1. The Morgan fingerprint density at radius 2 is 2.13 bits per heavy atom. The second-order valence-corrected chi connectivity index (χ2v) is 5.71. The van der Waals surface area contributed by atoms with Crippen LogP contribution in [0.3, 0.4) is 0 Å². The lowest BCUT2D eigenvalue weighted by molar-refractivity contribution is -0.132. The van der Waals surface area contributed by atoms with Crippen molar-refractivity contribution in [2.45, 2.75) is 38.3 Å². The zero-order chi connectivity index (χ0) is 15.9. The second-order valence-electron chi connectivity index (χ2n) is 5.71. The monoisotopic (exact) mass is 314 g/mol. The SMILES string of the molecule is O=C(CCCNc1ncccn1)N1CCC[C@H]1Cn1cccn1. The molecule has 1 amide bonds. The summed E-state index contributed by atoms with van der Waals surface area (Å²) in [6, 6.07) is 3.97. The van der Waals surface area contributed by atoms with Crippen molar-refractivity contribution >= 4 is 11.9 Å². The Bertz CT molecular complexity index is 600. The van der Waals surface area contributed by atoms with Gasteiger partial charge in [0.15, 0.2) is 0 Å². The summed E-state index contributed by atoms with van der Waals surface area (Å²) >= 11 is 0.